The molecule has 6 rings (SSSR count). The van der Waals surface area contributed by atoms with Crippen LogP contribution in [0.3, 0.4) is 0 Å². The quantitative estimate of drug-likeness (QED) is 0.0423. The number of anilines is 2. The summed E-state index contributed by atoms with van der Waals surface area (Å²) in [6, 6.07) is 36.2. The van der Waals surface area contributed by atoms with E-state index in [-0.39, 0.29) is 43.5 Å². The average Bonchev–Trinajstić information content (AvgIpc) is 3.18. The maximum atomic E-state index is 12.5. The average molecular weight is 719 g/mol. The number of benzene rings is 4. The number of hydrogen-bond acceptors (Lipinski definition) is 8. The molecule has 10 nitrogen and oxygen atoms in total. The first-order valence-electron chi connectivity index (χ1n) is 17.3. The molecular formula is C41H42N4O6S. The second-order valence-electron chi connectivity index (χ2n) is 12.6. The van der Waals surface area contributed by atoms with E-state index in [2.05, 4.69) is 10.6 Å². The van der Waals surface area contributed by atoms with Crippen LogP contribution in [0.1, 0.15) is 60.3 Å². The second kappa shape index (κ2) is 17.8. The van der Waals surface area contributed by atoms with Gasteiger partial charge in [0.1, 0.15) is 0 Å². The molecule has 1 aliphatic heterocycles. The van der Waals surface area contributed by atoms with Crippen LogP contribution in [0.5, 0.6) is 0 Å². The van der Waals surface area contributed by atoms with Crippen molar-refractivity contribution in [3.63, 3.8) is 0 Å². The number of nitrogen functional groups attached to an aromatic ring is 1. The summed E-state index contributed by atoms with van der Waals surface area (Å²) in [5.74, 6) is 0.279. The summed E-state index contributed by atoms with van der Waals surface area (Å²) in [4.78, 5) is 24.8. The van der Waals surface area contributed by atoms with Gasteiger partial charge in [0.25, 0.3) is 5.03 Å². The third-order valence-corrected chi connectivity index (χ3v) is 9.95. The summed E-state index contributed by atoms with van der Waals surface area (Å²) in [7, 11) is 0. The topological polar surface area (TPSA) is 150 Å². The summed E-state index contributed by atoms with van der Waals surface area (Å²) >= 11 is 1.46. The van der Waals surface area contributed by atoms with Crippen molar-refractivity contribution in [2.24, 2.45) is 0 Å². The fourth-order valence-corrected chi connectivity index (χ4v) is 6.88. The number of aromatic nitrogens is 1. The number of pyridine rings is 1. The van der Waals surface area contributed by atoms with Crippen LogP contribution in [0.2, 0.25) is 0 Å². The van der Waals surface area contributed by atoms with Crippen molar-refractivity contribution in [1.82, 2.24) is 5.32 Å². The van der Waals surface area contributed by atoms with Crippen molar-refractivity contribution in [3.8, 4) is 11.1 Å². The lowest BCUT2D eigenvalue weighted by Gasteiger charge is -2.36. The van der Waals surface area contributed by atoms with Gasteiger partial charge in [-0.15, -0.1) is 0 Å². The molecule has 4 aromatic carbocycles. The number of nitrogens with zero attached hydrogens (tertiary/aromatic N) is 1. The largest absolute Gasteiger partial charge is 0.618 e. The highest BCUT2D eigenvalue weighted by molar-refractivity contribution is 7.99. The van der Waals surface area contributed by atoms with Gasteiger partial charge in [0.15, 0.2) is 12.5 Å². The number of carbonyl (C=O) groups is 2. The molecule has 0 aliphatic carbocycles. The standard InChI is InChI=1S/C41H42N4O6S/c42-35-9-1-2-10-36(35)44-39(48)12-6-11-38(47)43-25-29-7-5-8-33(23-29)30-18-20-32(21-19-30)41-50-34(27-52-40-13-3-4-22-45(40)49)24-37(51-41)31-16-14-28(26-46)15-17-31/h1-5,7-10,13-23,34,37,41,46H,6,11-12,24-27,42H2,(H,43,47)(H,44,48)/t34-,37+,41+/m1/s1. The number of amides is 2. The molecule has 2 amide bonds. The number of para-hydroxylation sites is 2. The molecule has 0 spiro atoms. The molecule has 0 radical (unpaired) electrons. The van der Waals surface area contributed by atoms with E-state index >= 15 is 0 Å². The Morgan fingerprint density at radius 2 is 1.58 bits per heavy atom. The van der Waals surface area contributed by atoms with Crippen LogP contribution in [0.25, 0.3) is 11.1 Å². The van der Waals surface area contributed by atoms with Gasteiger partial charge in [0, 0.05) is 49.3 Å². The van der Waals surface area contributed by atoms with Crippen molar-refractivity contribution >= 4 is 35.0 Å². The molecule has 268 valence electrons. The summed E-state index contributed by atoms with van der Waals surface area (Å²) in [6.45, 7) is 0.345. The molecular weight excluding hydrogens is 677 g/mol. The molecule has 3 atom stereocenters. The minimum atomic E-state index is -0.616. The van der Waals surface area contributed by atoms with Gasteiger partial charge in [-0.2, -0.15) is 4.73 Å². The number of nitrogens with one attached hydrogen (secondary N) is 2. The smallest absolute Gasteiger partial charge is 0.251 e. The molecule has 0 saturated carbocycles. The van der Waals surface area contributed by atoms with E-state index in [1.165, 1.54) is 18.0 Å². The lowest BCUT2D eigenvalue weighted by Crippen LogP contribution is -2.32. The van der Waals surface area contributed by atoms with E-state index in [0.717, 1.165) is 38.1 Å². The van der Waals surface area contributed by atoms with E-state index in [1.807, 2.05) is 78.9 Å². The highest BCUT2D eigenvalue weighted by Crippen LogP contribution is 2.39. The summed E-state index contributed by atoms with van der Waals surface area (Å²) in [6.07, 6.45) is 1.97. The number of thioether (sulfide) groups is 1. The summed E-state index contributed by atoms with van der Waals surface area (Å²) in [5.41, 5.74) is 12.6. The number of ether oxygens (including phenoxy) is 2. The minimum Gasteiger partial charge on any atom is -0.618 e. The van der Waals surface area contributed by atoms with Crippen LogP contribution in [-0.2, 0) is 32.2 Å². The van der Waals surface area contributed by atoms with Crippen LogP contribution in [-0.4, -0.2) is 28.8 Å². The number of aliphatic hydroxyl groups is 1. The Labute approximate surface area is 307 Å². The maximum absolute atomic E-state index is 12.5. The molecule has 0 bridgehead atoms. The van der Waals surface area contributed by atoms with Gasteiger partial charge in [0.05, 0.1) is 30.2 Å². The number of aliphatic hydroxyl groups excluding tert-OH is 1. The van der Waals surface area contributed by atoms with Crippen molar-refractivity contribution in [2.75, 3.05) is 16.8 Å². The van der Waals surface area contributed by atoms with E-state index in [9.17, 15) is 19.9 Å². The predicted molar refractivity (Wildman–Crippen MR) is 202 cm³/mol. The first kappa shape index (κ1) is 36.6. The highest BCUT2D eigenvalue weighted by atomic mass is 32.2. The third-order valence-electron chi connectivity index (χ3n) is 8.80. The first-order chi connectivity index (χ1) is 25.3. The van der Waals surface area contributed by atoms with Crippen LogP contribution >= 0.6 is 11.8 Å². The number of rotatable bonds is 14. The van der Waals surface area contributed by atoms with Crippen LogP contribution in [0.4, 0.5) is 11.4 Å². The van der Waals surface area contributed by atoms with Gasteiger partial charge < -0.3 is 36.2 Å². The summed E-state index contributed by atoms with van der Waals surface area (Å²) in [5, 5.41) is 28.1. The lowest BCUT2D eigenvalue weighted by molar-refractivity contribution is -0.645. The Balaban J connectivity index is 1.05. The van der Waals surface area contributed by atoms with Crippen molar-refractivity contribution in [1.29, 1.82) is 0 Å². The Kier molecular flexibility index (Phi) is 12.5. The SMILES string of the molecule is Nc1ccccc1NC(=O)CCCC(=O)NCc1cccc(-c2ccc([C@H]3O[C@@H](CSc4cccc[n+]4[O-])C[C@@H](c4ccc(CO)cc4)O3)cc2)c1. The highest BCUT2D eigenvalue weighted by Gasteiger charge is 2.32. The van der Waals surface area contributed by atoms with Gasteiger partial charge in [-0.1, -0.05) is 90.6 Å². The number of hydrogen-bond donors (Lipinski definition) is 4. The third kappa shape index (κ3) is 9.98. The lowest BCUT2D eigenvalue weighted by atomic mass is 9.99. The van der Waals surface area contributed by atoms with Crippen LogP contribution < -0.4 is 21.1 Å². The predicted octanol–water partition coefficient (Wildman–Crippen LogP) is 6.82. The number of carbonyl (C=O) groups excluding carboxylic acids is 2. The monoisotopic (exact) mass is 718 g/mol. The number of nitrogens with two attached hydrogens (primary N) is 1. The molecule has 11 heteroatoms. The summed E-state index contributed by atoms with van der Waals surface area (Å²) < 4.78 is 13.8. The van der Waals surface area contributed by atoms with Crippen molar-refractivity contribution in [3.05, 3.63) is 149 Å². The maximum Gasteiger partial charge on any atom is 0.251 e. The van der Waals surface area contributed by atoms with Gasteiger partial charge in [-0.25, -0.2) is 0 Å². The molecule has 0 unspecified atom stereocenters. The van der Waals surface area contributed by atoms with Crippen molar-refractivity contribution in [2.45, 2.75) is 62.4 Å². The normalized spacial score (nSPS) is 17.0. The molecule has 5 aromatic rings. The van der Waals surface area contributed by atoms with Gasteiger partial charge in [-0.05, 0) is 58.5 Å². The van der Waals surface area contributed by atoms with Gasteiger partial charge in [0.2, 0.25) is 11.8 Å². The second-order valence-corrected chi connectivity index (χ2v) is 13.7. The molecule has 1 saturated heterocycles. The Morgan fingerprint density at radius 3 is 2.35 bits per heavy atom. The zero-order valence-corrected chi connectivity index (χ0v) is 29.5. The van der Waals surface area contributed by atoms with E-state index in [1.54, 1.807) is 36.4 Å². The fraction of sp³-hybridized carbons (Fsp3) is 0.244. The van der Waals surface area contributed by atoms with Gasteiger partial charge in [-0.3, -0.25) is 9.59 Å². The Morgan fingerprint density at radius 1 is 0.827 bits per heavy atom. The first-order valence-corrected chi connectivity index (χ1v) is 18.2. The Hall–Kier alpha value is -5.20. The van der Waals surface area contributed by atoms with Crippen molar-refractivity contribution < 1.29 is 28.9 Å². The molecule has 5 N–H and O–H groups in total. The van der Waals surface area contributed by atoms with E-state index in [0.29, 0.717) is 41.5 Å². The molecule has 1 aromatic heterocycles. The molecule has 52 heavy (non-hydrogen) atoms. The Bertz CT molecular complexity index is 1960. The van der Waals surface area contributed by atoms with E-state index < -0.39 is 6.29 Å². The van der Waals surface area contributed by atoms with E-state index in [4.69, 9.17) is 15.2 Å². The molecule has 1 aliphatic rings. The molecule has 1 fully saturated rings. The minimum absolute atomic E-state index is 0.0268. The van der Waals surface area contributed by atoms with Crippen LogP contribution in [0, 0.1) is 5.21 Å². The zero-order valence-electron chi connectivity index (χ0n) is 28.7. The zero-order chi connectivity index (χ0) is 36.3. The molecule has 2 heterocycles. The van der Waals surface area contributed by atoms with Gasteiger partial charge >= 0.3 is 0 Å². The van der Waals surface area contributed by atoms with Crippen LogP contribution in [0.15, 0.2) is 126 Å². The fourth-order valence-electron chi connectivity index (χ4n) is 5.94.